The van der Waals surface area contributed by atoms with Crippen LogP contribution >= 0.6 is 11.8 Å². The van der Waals surface area contributed by atoms with E-state index >= 15 is 0 Å². The number of carbonyl (C=O) groups excluding carboxylic acids is 1. The maximum Gasteiger partial charge on any atom is 0.236 e. The summed E-state index contributed by atoms with van der Waals surface area (Å²) in [6.45, 7) is 6.88. The maximum atomic E-state index is 12.0. The molecule has 0 fully saturated rings. The lowest BCUT2D eigenvalue weighted by Gasteiger charge is -2.23. The second-order valence-corrected chi connectivity index (χ2v) is 5.47. The van der Waals surface area contributed by atoms with Crippen molar-refractivity contribution in [3.63, 3.8) is 0 Å². The summed E-state index contributed by atoms with van der Waals surface area (Å²) in [5, 5.41) is 0. The number of rotatable bonds is 7. The van der Waals surface area contributed by atoms with E-state index in [2.05, 4.69) is 35.4 Å². The lowest BCUT2D eigenvalue weighted by atomic mass is 10.2. The molecule has 0 heterocycles. The van der Waals surface area contributed by atoms with Gasteiger partial charge in [-0.1, -0.05) is 12.1 Å². The average molecular weight is 280 g/mol. The first kappa shape index (κ1) is 16.1. The second kappa shape index (κ2) is 8.23. The molecule has 0 aliphatic carbocycles. The van der Waals surface area contributed by atoms with Gasteiger partial charge in [0.15, 0.2) is 0 Å². The minimum absolute atomic E-state index is 0.202. The van der Waals surface area contributed by atoms with Gasteiger partial charge in [-0.2, -0.15) is 0 Å². The monoisotopic (exact) mass is 280 g/mol. The van der Waals surface area contributed by atoms with Gasteiger partial charge in [-0.05, 0) is 44.8 Å². The molecule has 0 N–H and O–H groups in total. The Kier molecular flexibility index (Phi) is 6.95. The van der Waals surface area contributed by atoms with E-state index in [1.807, 2.05) is 25.8 Å². The molecule has 1 aromatic carbocycles. The molecule has 0 aromatic heterocycles. The highest BCUT2D eigenvalue weighted by Crippen LogP contribution is 2.15. The Morgan fingerprint density at radius 2 is 1.74 bits per heavy atom. The van der Waals surface area contributed by atoms with E-state index < -0.39 is 0 Å². The number of likely N-dealkylation sites (N-methyl/N-ethyl adjacent to an activating group) is 2. The van der Waals surface area contributed by atoms with Crippen molar-refractivity contribution in [2.45, 2.75) is 25.3 Å². The molecular formula is C15H24N2OS. The molecule has 0 aliphatic rings. The first-order valence-corrected chi connectivity index (χ1v) is 7.92. The summed E-state index contributed by atoms with van der Waals surface area (Å²) in [5.41, 5.74) is 1.24. The van der Waals surface area contributed by atoms with E-state index in [0.29, 0.717) is 6.54 Å². The Labute approximate surface area is 121 Å². The summed E-state index contributed by atoms with van der Waals surface area (Å²) in [6, 6.07) is 8.51. The van der Waals surface area contributed by atoms with Gasteiger partial charge in [-0.15, -0.1) is 11.8 Å². The van der Waals surface area contributed by atoms with E-state index in [0.717, 1.165) is 19.6 Å². The topological polar surface area (TPSA) is 23.6 Å². The smallest absolute Gasteiger partial charge is 0.236 e. The Balaban J connectivity index is 2.49. The van der Waals surface area contributed by atoms with Crippen molar-refractivity contribution in [2.24, 2.45) is 0 Å². The summed E-state index contributed by atoms with van der Waals surface area (Å²) in [4.78, 5) is 17.2. The highest BCUT2D eigenvalue weighted by Gasteiger charge is 2.12. The highest BCUT2D eigenvalue weighted by atomic mass is 32.2. The fourth-order valence-electron chi connectivity index (χ4n) is 2.01. The van der Waals surface area contributed by atoms with Crippen molar-refractivity contribution in [2.75, 3.05) is 32.9 Å². The molecule has 0 atom stereocenters. The first-order chi connectivity index (χ1) is 9.10. The number of hydrogen-bond acceptors (Lipinski definition) is 3. The number of hydrogen-bond donors (Lipinski definition) is 0. The summed E-state index contributed by atoms with van der Waals surface area (Å²) in [5.74, 6) is 0.202. The van der Waals surface area contributed by atoms with Crippen molar-refractivity contribution in [1.29, 1.82) is 0 Å². The van der Waals surface area contributed by atoms with Crippen molar-refractivity contribution >= 4 is 17.7 Å². The molecule has 0 bridgehead atoms. The van der Waals surface area contributed by atoms with Gasteiger partial charge in [0.05, 0.1) is 6.54 Å². The lowest BCUT2D eigenvalue weighted by Crippen LogP contribution is -2.38. The number of thioether (sulfide) groups is 1. The van der Waals surface area contributed by atoms with Crippen LogP contribution in [0.3, 0.4) is 0 Å². The van der Waals surface area contributed by atoms with E-state index in [1.54, 1.807) is 11.8 Å². The average Bonchev–Trinajstić information content (AvgIpc) is 2.40. The predicted octanol–water partition coefficient (Wildman–Crippen LogP) is 2.71. The lowest BCUT2D eigenvalue weighted by molar-refractivity contribution is -0.131. The Bertz CT molecular complexity index is 388. The molecule has 0 spiro atoms. The van der Waals surface area contributed by atoms with Crippen molar-refractivity contribution < 1.29 is 4.79 Å². The van der Waals surface area contributed by atoms with Crippen molar-refractivity contribution in [3.8, 4) is 0 Å². The van der Waals surface area contributed by atoms with Gasteiger partial charge in [-0.3, -0.25) is 9.69 Å². The van der Waals surface area contributed by atoms with Gasteiger partial charge >= 0.3 is 0 Å². The van der Waals surface area contributed by atoms with E-state index in [1.165, 1.54) is 10.5 Å². The normalized spacial score (nSPS) is 10.8. The van der Waals surface area contributed by atoms with Crippen LogP contribution in [0, 0.1) is 0 Å². The third-order valence-electron chi connectivity index (χ3n) is 3.13. The third kappa shape index (κ3) is 5.25. The number of amides is 1. The fourth-order valence-corrected chi connectivity index (χ4v) is 2.41. The van der Waals surface area contributed by atoms with Crippen LogP contribution in [-0.4, -0.2) is 48.6 Å². The summed E-state index contributed by atoms with van der Waals surface area (Å²) >= 11 is 1.74. The van der Waals surface area contributed by atoms with Crippen molar-refractivity contribution in [1.82, 2.24) is 9.80 Å². The van der Waals surface area contributed by atoms with Crippen LogP contribution in [0.2, 0.25) is 0 Å². The number of benzene rings is 1. The molecular weight excluding hydrogens is 256 g/mol. The SMILES string of the molecule is CCN(CC)C(=O)CN(C)Cc1ccc(SC)cc1. The van der Waals surface area contributed by atoms with Crippen molar-refractivity contribution in [3.05, 3.63) is 29.8 Å². The summed E-state index contributed by atoms with van der Waals surface area (Å²) in [6.07, 6.45) is 2.07. The molecule has 0 aliphatic heterocycles. The highest BCUT2D eigenvalue weighted by molar-refractivity contribution is 7.98. The van der Waals surface area contributed by atoms with Gasteiger partial charge in [0.2, 0.25) is 5.91 Å². The third-order valence-corrected chi connectivity index (χ3v) is 3.88. The Hall–Kier alpha value is -1.00. The summed E-state index contributed by atoms with van der Waals surface area (Å²) < 4.78 is 0. The van der Waals surface area contributed by atoms with Gasteiger partial charge in [0, 0.05) is 24.5 Å². The molecule has 0 radical (unpaired) electrons. The summed E-state index contributed by atoms with van der Waals surface area (Å²) in [7, 11) is 1.99. The molecule has 0 saturated carbocycles. The van der Waals surface area contributed by atoms with Gasteiger partial charge in [0.25, 0.3) is 0 Å². The van der Waals surface area contributed by atoms with Gasteiger partial charge in [0.1, 0.15) is 0 Å². The van der Waals surface area contributed by atoms with Crippen LogP contribution in [0.1, 0.15) is 19.4 Å². The molecule has 1 aromatic rings. The van der Waals surface area contributed by atoms with Gasteiger partial charge in [-0.25, -0.2) is 0 Å². The zero-order chi connectivity index (χ0) is 14.3. The zero-order valence-corrected chi connectivity index (χ0v) is 13.2. The largest absolute Gasteiger partial charge is 0.342 e. The van der Waals surface area contributed by atoms with Crippen LogP contribution < -0.4 is 0 Å². The van der Waals surface area contributed by atoms with Crippen LogP contribution in [0.5, 0.6) is 0 Å². The van der Waals surface area contributed by atoms with Crippen LogP contribution in [0.4, 0.5) is 0 Å². The molecule has 106 valence electrons. The Morgan fingerprint density at radius 3 is 2.21 bits per heavy atom. The molecule has 19 heavy (non-hydrogen) atoms. The van der Waals surface area contributed by atoms with Crippen LogP contribution in [0.15, 0.2) is 29.2 Å². The minimum Gasteiger partial charge on any atom is -0.342 e. The van der Waals surface area contributed by atoms with Crippen LogP contribution in [0.25, 0.3) is 0 Å². The number of nitrogens with zero attached hydrogens (tertiary/aromatic N) is 2. The van der Waals surface area contributed by atoms with E-state index in [-0.39, 0.29) is 5.91 Å². The fraction of sp³-hybridized carbons (Fsp3) is 0.533. The number of carbonyl (C=O) groups is 1. The molecule has 4 heteroatoms. The van der Waals surface area contributed by atoms with Gasteiger partial charge < -0.3 is 4.90 Å². The van der Waals surface area contributed by atoms with E-state index in [4.69, 9.17) is 0 Å². The first-order valence-electron chi connectivity index (χ1n) is 6.69. The minimum atomic E-state index is 0.202. The predicted molar refractivity (Wildman–Crippen MR) is 82.5 cm³/mol. The quantitative estimate of drug-likeness (QED) is 0.718. The molecule has 1 amide bonds. The molecule has 0 unspecified atom stereocenters. The zero-order valence-electron chi connectivity index (χ0n) is 12.3. The molecule has 0 saturated heterocycles. The van der Waals surface area contributed by atoms with Crippen LogP contribution in [-0.2, 0) is 11.3 Å². The van der Waals surface area contributed by atoms with E-state index in [9.17, 15) is 4.79 Å². The second-order valence-electron chi connectivity index (χ2n) is 4.59. The standard InChI is InChI=1S/C15H24N2OS/c1-5-17(6-2)15(18)12-16(3)11-13-7-9-14(19-4)10-8-13/h7-10H,5-6,11-12H2,1-4H3. The maximum absolute atomic E-state index is 12.0. The molecule has 1 rings (SSSR count). The Morgan fingerprint density at radius 1 is 1.16 bits per heavy atom. The molecule has 3 nitrogen and oxygen atoms in total.